The summed E-state index contributed by atoms with van der Waals surface area (Å²) in [4.78, 5) is 4.23. The summed E-state index contributed by atoms with van der Waals surface area (Å²) < 4.78 is 5.11. The summed E-state index contributed by atoms with van der Waals surface area (Å²) >= 11 is 0. The number of aryl methyl sites for hydroxylation is 1. The number of hydrogen-bond acceptors (Lipinski definition) is 2. The third-order valence-electron chi connectivity index (χ3n) is 3.25. The summed E-state index contributed by atoms with van der Waals surface area (Å²) in [6, 6.07) is 8.91. The van der Waals surface area contributed by atoms with Crippen molar-refractivity contribution in [2.45, 2.75) is 32.7 Å². The molecule has 0 bridgehead atoms. The topological polar surface area (TPSA) is 45.7 Å². The van der Waals surface area contributed by atoms with Gasteiger partial charge >= 0.3 is 0 Å². The van der Waals surface area contributed by atoms with Crippen molar-refractivity contribution in [2.75, 3.05) is 27.3 Å². The minimum atomic E-state index is 0. The van der Waals surface area contributed by atoms with Gasteiger partial charge in [-0.15, -0.1) is 24.0 Å². The average Bonchev–Trinajstić information content (AvgIpc) is 2.44. The number of nitrogens with zero attached hydrogens (tertiary/aromatic N) is 1. The van der Waals surface area contributed by atoms with Crippen LogP contribution in [0.4, 0.5) is 0 Å². The Bertz CT molecular complexity index is 420. The molecule has 0 aromatic heterocycles. The second-order valence-electron chi connectivity index (χ2n) is 5.27. The van der Waals surface area contributed by atoms with Crippen LogP contribution in [0.15, 0.2) is 29.3 Å². The lowest BCUT2D eigenvalue weighted by molar-refractivity contribution is 0.179. The highest BCUT2D eigenvalue weighted by atomic mass is 127. The molecular formula is C16H28IN3O. The fraction of sp³-hybridized carbons (Fsp3) is 0.562. The van der Waals surface area contributed by atoms with Crippen LogP contribution in [0.1, 0.15) is 30.9 Å². The monoisotopic (exact) mass is 405 g/mol. The predicted molar refractivity (Wildman–Crippen MR) is 101 cm³/mol. The average molecular weight is 405 g/mol. The fourth-order valence-electron chi connectivity index (χ4n) is 1.98. The van der Waals surface area contributed by atoms with Crippen molar-refractivity contribution in [1.82, 2.24) is 10.6 Å². The SMILES string of the molecule is CN=C(NCC(C)c1ccc(C)cc1)NC(C)COC.I. The number of halogens is 1. The van der Waals surface area contributed by atoms with Crippen molar-refractivity contribution < 1.29 is 4.74 Å². The maximum absolute atomic E-state index is 5.11. The molecule has 2 unspecified atom stereocenters. The number of rotatable bonds is 6. The summed E-state index contributed by atoms with van der Waals surface area (Å²) in [5.41, 5.74) is 2.63. The molecule has 0 spiro atoms. The van der Waals surface area contributed by atoms with Gasteiger partial charge in [0.1, 0.15) is 0 Å². The highest BCUT2D eigenvalue weighted by Gasteiger charge is 2.08. The highest BCUT2D eigenvalue weighted by molar-refractivity contribution is 14.0. The van der Waals surface area contributed by atoms with E-state index in [2.05, 4.69) is 60.7 Å². The van der Waals surface area contributed by atoms with Gasteiger partial charge in [-0.25, -0.2) is 0 Å². The molecule has 5 heteroatoms. The van der Waals surface area contributed by atoms with Crippen molar-refractivity contribution >= 4 is 29.9 Å². The number of benzene rings is 1. The molecule has 0 heterocycles. The zero-order valence-corrected chi connectivity index (χ0v) is 16.0. The quantitative estimate of drug-likeness (QED) is 0.435. The lowest BCUT2D eigenvalue weighted by atomic mass is 10.0. The van der Waals surface area contributed by atoms with Gasteiger partial charge in [-0.3, -0.25) is 4.99 Å². The molecule has 1 aromatic carbocycles. The molecule has 0 saturated heterocycles. The molecule has 0 aliphatic heterocycles. The Kier molecular flexibility index (Phi) is 10.4. The number of nitrogens with one attached hydrogen (secondary N) is 2. The van der Waals surface area contributed by atoms with Gasteiger partial charge in [-0.1, -0.05) is 36.8 Å². The minimum absolute atomic E-state index is 0. The molecule has 0 fully saturated rings. The maximum atomic E-state index is 5.11. The van der Waals surface area contributed by atoms with Gasteiger partial charge in [-0.05, 0) is 25.3 Å². The van der Waals surface area contributed by atoms with E-state index in [1.807, 2.05) is 0 Å². The summed E-state index contributed by atoms with van der Waals surface area (Å²) in [5.74, 6) is 1.25. The zero-order valence-electron chi connectivity index (χ0n) is 13.6. The van der Waals surface area contributed by atoms with Crippen LogP contribution in [0.2, 0.25) is 0 Å². The second-order valence-corrected chi connectivity index (χ2v) is 5.27. The van der Waals surface area contributed by atoms with Gasteiger partial charge < -0.3 is 15.4 Å². The van der Waals surface area contributed by atoms with E-state index in [1.54, 1.807) is 14.2 Å². The third-order valence-corrected chi connectivity index (χ3v) is 3.25. The number of methoxy groups -OCH3 is 1. The van der Waals surface area contributed by atoms with Gasteiger partial charge in [0.25, 0.3) is 0 Å². The van der Waals surface area contributed by atoms with Crippen LogP contribution in [0.25, 0.3) is 0 Å². The molecule has 0 aliphatic carbocycles. The molecule has 120 valence electrons. The smallest absolute Gasteiger partial charge is 0.191 e. The third kappa shape index (κ3) is 7.66. The van der Waals surface area contributed by atoms with Gasteiger partial charge in [0, 0.05) is 26.7 Å². The largest absolute Gasteiger partial charge is 0.383 e. The van der Waals surface area contributed by atoms with Crippen LogP contribution in [0, 0.1) is 6.92 Å². The summed E-state index contributed by atoms with van der Waals surface area (Å²) in [5, 5.41) is 6.65. The number of guanidine groups is 1. The maximum Gasteiger partial charge on any atom is 0.191 e. The lowest BCUT2D eigenvalue weighted by Gasteiger charge is -2.19. The van der Waals surface area contributed by atoms with E-state index in [-0.39, 0.29) is 30.0 Å². The Labute approximate surface area is 145 Å². The molecular weight excluding hydrogens is 377 g/mol. The Morgan fingerprint density at radius 1 is 1.24 bits per heavy atom. The Morgan fingerprint density at radius 2 is 1.86 bits per heavy atom. The molecule has 0 saturated carbocycles. The predicted octanol–water partition coefficient (Wildman–Crippen LogP) is 2.92. The number of ether oxygens (including phenoxy) is 1. The van der Waals surface area contributed by atoms with Crippen LogP contribution in [0.5, 0.6) is 0 Å². The van der Waals surface area contributed by atoms with E-state index in [0.717, 1.165) is 12.5 Å². The molecule has 4 nitrogen and oxygen atoms in total. The lowest BCUT2D eigenvalue weighted by Crippen LogP contribution is -2.44. The van der Waals surface area contributed by atoms with Crippen LogP contribution in [-0.4, -0.2) is 39.3 Å². The van der Waals surface area contributed by atoms with Gasteiger partial charge in [0.15, 0.2) is 5.96 Å². The first-order chi connectivity index (χ1) is 9.56. The van der Waals surface area contributed by atoms with Crippen molar-refractivity contribution in [3.05, 3.63) is 35.4 Å². The summed E-state index contributed by atoms with van der Waals surface area (Å²) in [6.07, 6.45) is 0. The van der Waals surface area contributed by atoms with E-state index >= 15 is 0 Å². The first-order valence-electron chi connectivity index (χ1n) is 7.09. The Hall–Kier alpha value is -0.820. The Balaban J connectivity index is 0.00000400. The van der Waals surface area contributed by atoms with Gasteiger partial charge in [-0.2, -0.15) is 0 Å². The fourth-order valence-corrected chi connectivity index (χ4v) is 1.98. The molecule has 0 aliphatic rings. The summed E-state index contributed by atoms with van der Waals surface area (Å²) in [6.45, 7) is 7.90. The standard InChI is InChI=1S/C16H27N3O.HI/c1-12-6-8-15(9-7-12)13(2)10-18-16(17-4)19-14(3)11-20-5;/h6-9,13-14H,10-11H2,1-5H3,(H2,17,18,19);1H. The van der Waals surface area contributed by atoms with Gasteiger partial charge in [0.05, 0.1) is 6.61 Å². The number of aliphatic imine (C=N–C) groups is 1. The second kappa shape index (κ2) is 10.8. The first kappa shape index (κ1) is 20.2. The van der Waals surface area contributed by atoms with E-state index in [9.17, 15) is 0 Å². The van der Waals surface area contributed by atoms with E-state index in [0.29, 0.717) is 12.5 Å². The molecule has 0 radical (unpaired) electrons. The number of hydrogen-bond donors (Lipinski definition) is 2. The van der Waals surface area contributed by atoms with Crippen molar-refractivity contribution in [3.8, 4) is 0 Å². The molecule has 21 heavy (non-hydrogen) atoms. The van der Waals surface area contributed by atoms with Crippen molar-refractivity contribution in [1.29, 1.82) is 0 Å². The van der Waals surface area contributed by atoms with Crippen molar-refractivity contribution in [3.63, 3.8) is 0 Å². The van der Waals surface area contributed by atoms with Crippen molar-refractivity contribution in [2.24, 2.45) is 4.99 Å². The van der Waals surface area contributed by atoms with E-state index in [4.69, 9.17) is 4.74 Å². The molecule has 1 rings (SSSR count). The van der Waals surface area contributed by atoms with Crippen LogP contribution in [0.3, 0.4) is 0 Å². The van der Waals surface area contributed by atoms with E-state index < -0.39 is 0 Å². The normalized spacial score (nSPS) is 14.0. The Morgan fingerprint density at radius 3 is 2.38 bits per heavy atom. The molecule has 2 N–H and O–H groups in total. The van der Waals surface area contributed by atoms with E-state index in [1.165, 1.54) is 11.1 Å². The minimum Gasteiger partial charge on any atom is -0.383 e. The highest BCUT2D eigenvalue weighted by Crippen LogP contribution is 2.14. The zero-order chi connectivity index (χ0) is 15.0. The van der Waals surface area contributed by atoms with Crippen LogP contribution >= 0.6 is 24.0 Å². The first-order valence-corrected chi connectivity index (χ1v) is 7.09. The summed E-state index contributed by atoms with van der Waals surface area (Å²) in [7, 11) is 3.49. The molecule has 0 amide bonds. The van der Waals surface area contributed by atoms with Gasteiger partial charge in [0.2, 0.25) is 0 Å². The molecule has 2 atom stereocenters. The van der Waals surface area contributed by atoms with Crippen LogP contribution in [-0.2, 0) is 4.74 Å². The molecule has 1 aromatic rings. The van der Waals surface area contributed by atoms with Crippen LogP contribution < -0.4 is 10.6 Å².